The van der Waals surface area contributed by atoms with E-state index in [0.29, 0.717) is 29.4 Å². The first-order valence-corrected chi connectivity index (χ1v) is 13.9. The summed E-state index contributed by atoms with van der Waals surface area (Å²) in [6.07, 6.45) is 2.36. The van der Waals surface area contributed by atoms with Gasteiger partial charge in [0.2, 0.25) is 16.0 Å². The number of anilines is 3. The Hall–Kier alpha value is -3.60. The van der Waals surface area contributed by atoms with Crippen molar-refractivity contribution in [1.29, 1.82) is 0 Å². The number of likely N-dealkylation sites (tertiary alicyclic amines) is 1. The number of fused-ring (bicyclic) bond motifs is 1. The van der Waals surface area contributed by atoms with Crippen LogP contribution in [0.1, 0.15) is 24.0 Å². The van der Waals surface area contributed by atoms with E-state index in [-0.39, 0.29) is 4.90 Å². The van der Waals surface area contributed by atoms with Crippen LogP contribution < -0.4 is 15.8 Å². The Morgan fingerprint density at radius 3 is 2.46 bits per heavy atom. The fourth-order valence-electron chi connectivity index (χ4n) is 4.65. The van der Waals surface area contributed by atoms with E-state index >= 15 is 0 Å². The molecule has 3 aromatic carbocycles. The number of hydrogen-bond acceptors (Lipinski definition) is 8. The molecule has 0 bridgehead atoms. The largest absolute Gasteiger partial charge is 0.399 e. The number of nitrogens with zero attached hydrogens (tertiary/aromatic N) is 4. The lowest BCUT2D eigenvalue weighted by Gasteiger charge is -2.15. The normalized spacial score (nSPS) is 14.3. The van der Waals surface area contributed by atoms with E-state index in [1.807, 2.05) is 38.1 Å². The molecule has 37 heavy (non-hydrogen) atoms. The van der Waals surface area contributed by atoms with E-state index in [4.69, 9.17) is 5.73 Å². The van der Waals surface area contributed by atoms with Gasteiger partial charge >= 0.3 is 0 Å². The van der Waals surface area contributed by atoms with Gasteiger partial charge in [-0.15, -0.1) is 10.2 Å². The fourth-order valence-corrected chi connectivity index (χ4v) is 5.67. The molecule has 1 aliphatic heterocycles. The highest BCUT2D eigenvalue weighted by Crippen LogP contribution is 2.30. The van der Waals surface area contributed by atoms with Gasteiger partial charge in [0.1, 0.15) is 5.52 Å². The van der Waals surface area contributed by atoms with Gasteiger partial charge in [-0.3, -0.25) is 0 Å². The van der Waals surface area contributed by atoms with Gasteiger partial charge in [-0.25, -0.2) is 18.1 Å². The number of nitrogens with one attached hydrogen (secondary N) is 2. The Kier molecular flexibility index (Phi) is 7.05. The van der Waals surface area contributed by atoms with Crippen LogP contribution in [0.25, 0.3) is 22.2 Å². The molecule has 10 heteroatoms. The molecule has 0 amide bonds. The molecule has 9 nitrogen and oxygen atoms in total. The molecule has 0 saturated carbocycles. The Bertz CT molecular complexity index is 1530. The molecule has 0 atom stereocenters. The first-order valence-electron chi connectivity index (χ1n) is 12.4. The molecule has 0 radical (unpaired) electrons. The van der Waals surface area contributed by atoms with Gasteiger partial charge < -0.3 is 16.0 Å². The first-order chi connectivity index (χ1) is 17.8. The van der Waals surface area contributed by atoms with Crippen molar-refractivity contribution in [2.24, 2.45) is 0 Å². The van der Waals surface area contributed by atoms with E-state index in [2.05, 4.69) is 36.2 Å². The van der Waals surface area contributed by atoms with Gasteiger partial charge in [0.15, 0.2) is 0 Å². The van der Waals surface area contributed by atoms with E-state index in [9.17, 15) is 8.42 Å². The molecule has 0 spiro atoms. The van der Waals surface area contributed by atoms with Crippen LogP contribution in [0, 0.1) is 13.8 Å². The van der Waals surface area contributed by atoms with Crippen molar-refractivity contribution in [2.75, 3.05) is 37.2 Å². The van der Waals surface area contributed by atoms with Crippen LogP contribution in [0.15, 0.2) is 59.5 Å². The van der Waals surface area contributed by atoms with Crippen LogP contribution in [-0.2, 0) is 10.0 Å². The molecule has 4 aromatic rings. The van der Waals surface area contributed by atoms with Crippen LogP contribution in [0.5, 0.6) is 0 Å². The highest BCUT2D eigenvalue weighted by Gasteiger charge is 2.16. The predicted octanol–water partition coefficient (Wildman–Crippen LogP) is 4.01. The monoisotopic (exact) mass is 517 g/mol. The molecule has 4 N–H and O–H groups in total. The van der Waals surface area contributed by atoms with E-state index in [1.54, 1.807) is 24.3 Å². The summed E-state index contributed by atoms with van der Waals surface area (Å²) < 4.78 is 28.0. The van der Waals surface area contributed by atoms with Crippen LogP contribution >= 0.6 is 0 Å². The van der Waals surface area contributed by atoms with Gasteiger partial charge in [0.05, 0.1) is 10.4 Å². The van der Waals surface area contributed by atoms with Crippen molar-refractivity contribution >= 4 is 38.4 Å². The second-order valence-corrected chi connectivity index (χ2v) is 11.2. The van der Waals surface area contributed by atoms with Crippen LogP contribution in [0.3, 0.4) is 0 Å². The Balaban J connectivity index is 1.29. The number of nitrogens with two attached hydrogens (primary N) is 1. The molecule has 2 heterocycles. The van der Waals surface area contributed by atoms with Crippen molar-refractivity contribution in [3.05, 3.63) is 65.7 Å². The van der Waals surface area contributed by atoms with Gasteiger partial charge in [0, 0.05) is 24.5 Å². The third kappa shape index (κ3) is 5.71. The highest BCUT2D eigenvalue weighted by molar-refractivity contribution is 7.89. The standard InChI is InChI=1S/C27H31N7O2S/c1-18-5-6-21(28)17-24(18)20-15-19(2)26-25(16-20)32-33-27(31-26)30-22-7-9-23(10-8-22)37(35,36)29-11-14-34-12-3-4-13-34/h5-10,15-17,29H,3-4,11-14,28H2,1-2H3,(H,30,31,33). The summed E-state index contributed by atoms with van der Waals surface area (Å²) in [5, 5.41) is 11.7. The van der Waals surface area contributed by atoms with Crippen LogP contribution in [-0.4, -0.2) is 54.7 Å². The minimum Gasteiger partial charge on any atom is -0.399 e. The summed E-state index contributed by atoms with van der Waals surface area (Å²) in [6, 6.07) is 16.4. The van der Waals surface area contributed by atoms with Gasteiger partial charge in [0.25, 0.3) is 0 Å². The molecular formula is C27H31N7O2S. The van der Waals surface area contributed by atoms with Crippen molar-refractivity contribution in [3.63, 3.8) is 0 Å². The smallest absolute Gasteiger partial charge is 0.247 e. The Labute approximate surface area is 217 Å². The lowest BCUT2D eigenvalue weighted by Crippen LogP contribution is -2.33. The summed E-state index contributed by atoms with van der Waals surface area (Å²) in [5.74, 6) is 0.336. The first kappa shape index (κ1) is 25.1. The minimum atomic E-state index is -3.56. The molecule has 192 valence electrons. The van der Waals surface area contributed by atoms with Gasteiger partial charge in [-0.05, 0) is 111 Å². The third-order valence-electron chi connectivity index (χ3n) is 6.66. The van der Waals surface area contributed by atoms with Crippen LogP contribution in [0.4, 0.5) is 17.3 Å². The molecule has 1 fully saturated rings. The molecule has 1 aliphatic rings. The maximum absolute atomic E-state index is 12.6. The van der Waals surface area contributed by atoms with E-state index in [0.717, 1.165) is 47.4 Å². The zero-order chi connectivity index (χ0) is 26.0. The molecule has 0 unspecified atom stereocenters. The van der Waals surface area contributed by atoms with E-state index < -0.39 is 10.0 Å². The molecule has 1 aromatic heterocycles. The van der Waals surface area contributed by atoms with Crippen molar-refractivity contribution in [3.8, 4) is 11.1 Å². The summed E-state index contributed by atoms with van der Waals surface area (Å²) in [6.45, 7) is 7.24. The van der Waals surface area contributed by atoms with Gasteiger partial charge in [-0.2, -0.15) is 0 Å². The predicted molar refractivity (Wildman–Crippen MR) is 147 cm³/mol. The van der Waals surface area contributed by atoms with Crippen LogP contribution in [0.2, 0.25) is 0 Å². The second-order valence-electron chi connectivity index (χ2n) is 9.47. The molecule has 1 saturated heterocycles. The fraction of sp³-hybridized carbons (Fsp3) is 0.296. The Morgan fingerprint density at radius 1 is 0.946 bits per heavy atom. The summed E-state index contributed by atoms with van der Waals surface area (Å²) in [5.41, 5.74) is 13.0. The zero-order valence-corrected chi connectivity index (χ0v) is 21.8. The number of aromatic nitrogens is 3. The summed E-state index contributed by atoms with van der Waals surface area (Å²) in [4.78, 5) is 7.14. The van der Waals surface area contributed by atoms with Gasteiger partial charge in [-0.1, -0.05) is 6.07 Å². The zero-order valence-electron chi connectivity index (χ0n) is 21.0. The van der Waals surface area contributed by atoms with Crippen molar-refractivity contribution < 1.29 is 8.42 Å². The molecule has 5 rings (SSSR count). The minimum absolute atomic E-state index is 0.220. The number of benzene rings is 3. The lowest BCUT2D eigenvalue weighted by molar-refractivity contribution is 0.344. The molecular weight excluding hydrogens is 486 g/mol. The van der Waals surface area contributed by atoms with E-state index in [1.165, 1.54) is 12.8 Å². The van der Waals surface area contributed by atoms with Crippen molar-refractivity contribution in [2.45, 2.75) is 31.6 Å². The number of nitrogen functional groups attached to an aromatic ring is 1. The van der Waals surface area contributed by atoms with Crippen molar-refractivity contribution in [1.82, 2.24) is 24.8 Å². The lowest BCUT2D eigenvalue weighted by atomic mass is 9.97. The number of aryl methyl sites for hydroxylation is 2. The maximum Gasteiger partial charge on any atom is 0.247 e. The Morgan fingerprint density at radius 2 is 1.70 bits per heavy atom. The summed E-state index contributed by atoms with van der Waals surface area (Å²) in [7, 11) is -3.56. The number of rotatable bonds is 8. The quantitative estimate of drug-likeness (QED) is 0.299. The topological polar surface area (TPSA) is 126 Å². The highest BCUT2D eigenvalue weighted by atomic mass is 32.2. The maximum atomic E-state index is 12.6. The third-order valence-corrected chi connectivity index (χ3v) is 8.14. The average Bonchev–Trinajstić information content (AvgIpc) is 3.39. The number of sulfonamides is 1. The molecule has 0 aliphatic carbocycles. The average molecular weight is 518 g/mol. The second kappa shape index (κ2) is 10.4. The number of hydrogen-bond donors (Lipinski definition) is 3. The SMILES string of the molecule is Cc1ccc(N)cc1-c1cc(C)c2nc(Nc3ccc(S(=O)(=O)NCCN4CCCC4)cc3)nnc2c1. The summed E-state index contributed by atoms with van der Waals surface area (Å²) >= 11 is 0.